The van der Waals surface area contributed by atoms with Gasteiger partial charge >= 0.3 is 11.9 Å². The van der Waals surface area contributed by atoms with Crippen molar-refractivity contribution in [3.8, 4) is 5.75 Å². The van der Waals surface area contributed by atoms with E-state index in [1.165, 1.54) is 19.1 Å². The summed E-state index contributed by atoms with van der Waals surface area (Å²) in [6.45, 7) is 1.82. The Bertz CT molecular complexity index is 786. The minimum absolute atomic E-state index is 0.0878. The number of rotatable bonds is 8. The van der Waals surface area contributed by atoms with E-state index in [0.29, 0.717) is 24.5 Å². The first-order chi connectivity index (χ1) is 12.8. The second kappa shape index (κ2) is 11.2. The van der Waals surface area contributed by atoms with Crippen LogP contribution in [-0.2, 0) is 16.0 Å². The van der Waals surface area contributed by atoms with Gasteiger partial charge in [0.15, 0.2) is 5.78 Å². The Kier molecular flexibility index (Phi) is 8.93. The van der Waals surface area contributed by atoms with Crippen molar-refractivity contribution in [1.29, 1.82) is 0 Å². The lowest BCUT2D eigenvalue weighted by molar-refractivity contribution is -0.134. The molecule has 0 atom stereocenters. The minimum Gasteiger partial charge on any atom is -0.493 e. The molecule has 27 heavy (non-hydrogen) atoms. The highest BCUT2D eigenvalue weighted by Crippen LogP contribution is 2.17. The summed E-state index contributed by atoms with van der Waals surface area (Å²) < 4.78 is 19.0. The number of carboxylic acids is 2. The SMILES string of the molecule is CC(=O)c1ccc(OCCCc2cnc[nH]2)cc1F.O=C(O)/C=C\C(=O)O. The number of H-pyrrole nitrogens is 1. The van der Waals surface area contributed by atoms with Crippen LogP contribution in [0.25, 0.3) is 0 Å². The standard InChI is InChI=1S/C14H15FN2O2.C4H4O4/c1-10(18)13-5-4-12(7-14(13)15)19-6-2-3-11-8-16-9-17-11;5-3(6)1-2-4(7)8/h4-5,7-9H,2-3,6H2,1H3,(H,16,17);1-2H,(H,5,6)(H,7,8)/b;2-1-. The average molecular weight is 378 g/mol. The molecule has 2 aromatic rings. The van der Waals surface area contributed by atoms with Crippen molar-refractivity contribution < 1.29 is 33.7 Å². The van der Waals surface area contributed by atoms with Gasteiger partial charge in [0, 0.05) is 30.1 Å². The molecule has 0 bridgehead atoms. The monoisotopic (exact) mass is 378 g/mol. The third-order valence-electron chi connectivity index (χ3n) is 3.10. The van der Waals surface area contributed by atoms with Crippen LogP contribution in [0.4, 0.5) is 4.39 Å². The highest BCUT2D eigenvalue weighted by molar-refractivity contribution is 5.94. The van der Waals surface area contributed by atoms with Gasteiger partial charge in [-0.3, -0.25) is 4.79 Å². The van der Waals surface area contributed by atoms with E-state index in [9.17, 15) is 18.8 Å². The molecule has 0 fully saturated rings. The third-order valence-corrected chi connectivity index (χ3v) is 3.10. The zero-order valence-electron chi connectivity index (χ0n) is 14.5. The van der Waals surface area contributed by atoms with Gasteiger partial charge in [0.05, 0.1) is 18.5 Å². The van der Waals surface area contributed by atoms with Gasteiger partial charge in [0.25, 0.3) is 0 Å². The molecule has 0 aliphatic heterocycles. The zero-order valence-corrected chi connectivity index (χ0v) is 14.5. The number of hydrogen-bond donors (Lipinski definition) is 3. The molecule has 0 amide bonds. The van der Waals surface area contributed by atoms with Gasteiger partial charge in [0.1, 0.15) is 11.6 Å². The van der Waals surface area contributed by atoms with Gasteiger partial charge in [0.2, 0.25) is 0 Å². The Hall–Kier alpha value is -3.49. The van der Waals surface area contributed by atoms with Crippen LogP contribution >= 0.6 is 0 Å². The maximum absolute atomic E-state index is 13.5. The van der Waals surface area contributed by atoms with Crippen LogP contribution in [0, 0.1) is 5.82 Å². The third kappa shape index (κ3) is 8.96. The summed E-state index contributed by atoms with van der Waals surface area (Å²) in [7, 11) is 0. The van der Waals surface area contributed by atoms with E-state index in [2.05, 4.69) is 9.97 Å². The van der Waals surface area contributed by atoms with Crippen LogP contribution in [0.15, 0.2) is 42.9 Å². The number of carboxylic acid groups (broad SMARTS) is 2. The number of carbonyl (C=O) groups is 3. The number of hydrogen-bond acceptors (Lipinski definition) is 5. The van der Waals surface area contributed by atoms with E-state index in [1.54, 1.807) is 18.6 Å². The van der Waals surface area contributed by atoms with Crippen LogP contribution in [0.2, 0.25) is 0 Å². The first-order valence-corrected chi connectivity index (χ1v) is 7.84. The number of nitrogens with one attached hydrogen (secondary N) is 1. The highest BCUT2D eigenvalue weighted by atomic mass is 19.1. The number of ketones is 1. The first kappa shape index (κ1) is 21.6. The van der Waals surface area contributed by atoms with Crippen molar-refractivity contribution in [2.24, 2.45) is 0 Å². The van der Waals surface area contributed by atoms with Crippen LogP contribution in [-0.4, -0.2) is 44.5 Å². The summed E-state index contributed by atoms with van der Waals surface area (Å²) in [5.41, 5.74) is 1.13. The molecule has 9 heteroatoms. The summed E-state index contributed by atoms with van der Waals surface area (Å²) in [5, 5.41) is 15.6. The molecule has 2 rings (SSSR count). The lowest BCUT2D eigenvalue weighted by Crippen LogP contribution is -2.02. The number of aromatic amines is 1. The molecule has 1 aromatic carbocycles. The van der Waals surface area contributed by atoms with E-state index in [-0.39, 0.29) is 11.3 Å². The molecule has 0 radical (unpaired) electrons. The van der Waals surface area contributed by atoms with Crippen molar-refractivity contribution in [2.45, 2.75) is 19.8 Å². The van der Waals surface area contributed by atoms with E-state index in [0.717, 1.165) is 18.5 Å². The Balaban J connectivity index is 0.000000387. The number of aryl methyl sites for hydroxylation is 1. The largest absolute Gasteiger partial charge is 0.493 e. The molecule has 1 heterocycles. The molecule has 0 saturated carbocycles. The van der Waals surface area contributed by atoms with Crippen molar-refractivity contribution in [3.05, 3.63) is 59.9 Å². The van der Waals surface area contributed by atoms with Gasteiger partial charge < -0.3 is 19.9 Å². The van der Waals surface area contributed by atoms with Crippen LogP contribution < -0.4 is 4.74 Å². The number of aromatic nitrogens is 2. The molecular weight excluding hydrogens is 359 g/mol. The Morgan fingerprint density at radius 3 is 2.37 bits per heavy atom. The van der Waals surface area contributed by atoms with Crippen LogP contribution in [0.5, 0.6) is 5.75 Å². The fourth-order valence-corrected chi connectivity index (χ4v) is 1.89. The van der Waals surface area contributed by atoms with E-state index >= 15 is 0 Å². The van der Waals surface area contributed by atoms with Gasteiger partial charge in [-0.05, 0) is 31.9 Å². The number of halogens is 1. The Morgan fingerprint density at radius 2 is 1.89 bits per heavy atom. The summed E-state index contributed by atoms with van der Waals surface area (Å²) >= 11 is 0. The average Bonchev–Trinajstić information content (AvgIpc) is 3.11. The number of Topliss-reactive ketones (excluding diaryl/α,β-unsaturated/α-hetero) is 1. The maximum Gasteiger partial charge on any atom is 0.328 e. The van der Waals surface area contributed by atoms with Gasteiger partial charge in [-0.25, -0.2) is 19.0 Å². The minimum atomic E-state index is -1.26. The van der Waals surface area contributed by atoms with Crippen LogP contribution in [0.1, 0.15) is 29.4 Å². The van der Waals surface area contributed by atoms with Crippen molar-refractivity contribution in [3.63, 3.8) is 0 Å². The number of benzene rings is 1. The number of aliphatic carboxylic acids is 2. The maximum atomic E-state index is 13.5. The highest BCUT2D eigenvalue weighted by Gasteiger charge is 2.08. The molecule has 8 nitrogen and oxygen atoms in total. The van der Waals surface area contributed by atoms with E-state index in [4.69, 9.17) is 14.9 Å². The zero-order chi connectivity index (χ0) is 20.2. The smallest absolute Gasteiger partial charge is 0.328 e. The molecule has 1 aromatic heterocycles. The molecule has 0 aliphatic carbocycles. The lowest BCUT2D eigenvalue weighted by Gasteiger charge is -2.07. The topological polar surface area (TPSA) is 130 Å². The Labute approximate surface area is 154 Å². The van der Waals surface area contributed by atoms with E-state index < -0.39 is 17.8 Å². The molecule has 0 saturated heterocycles. The predicted molar refractivity (Wildman–Crippen MR) is 93.2 cm³/mol. The number of nitrogens with zero attached hydrogens (tertiary/aromatic N) is 1. The molecule has 0 aliphatic rings. The molecule has 144 valence electrons. The first-order valence-electron chi connectivity index (χ1n) is 7.84. The quantitative estimate of drug-likeness (QED) is 0.365. The van der Waals surface area contributed by atoms with Gasteiger partial charge in [-0.15, -0.1) is 0 Å². The number of carbonyl (C=O) groups excluding carboxylic acids is 1. The number of imidazole rings is 1. The fourth-order valence-electron chi connectivity index (χ4n) is 1.89. The van der Waals surface area contributed by atoms with Gasteiger partial charge in [-0.2, -0.15) is 0 Å². The summed E-state index contributed by atoms with van der Waals surface area (Å²) in [6.07, 6.45) is 6.14. The van der Waals surface area contributed by atoms with Crippen molar-refractivity contribution >= 4 is 17.7 Å². The summed E-state index contributed by atoms with van der Waals surface area (Å²) in [4.78, 5) is 37.1. The van der Waals surface area contributed by atoms with Crippen LogP contribution in [0.3, 0.4) is 0 Å². The summed E-state index contributed by atoms with van der Waals surface area (Å²) in [6, 6.07) is 4.30. The van der Waals surface area contributed by atoms with Gasteiger partial charge in [-0.1, -0.05) is 0 Å². The second-order valence-electron chi connectivity index (χ2n) is 5.24. The predicted octanol–water partition coefficient (Wildman–Crippen LogP) is 2.47. The molecule has 3 N–H and O–H groups in total. The Morgan fingerprint density at radius 1 is 1.22 bits per heavy atom. The molecule has 0 spiro atoms. The second-order valence-corrected chi connectivity index (χ2v) is 5.24. The van der Waals surface area contributed by atoms with Crippen molar-refractivity contribution in [2.75, 3.05) is 6.61 Å². The molecule has 0 unspecified atom stereocenters. The number of ether oxygens (including phenoxy) is 1. The van der Waals surface area contributed by atoms with Crippen molar-refractivity contribution in [1.82, 2.24) is 9.97 Å². The lowest BCUT2D eigenvalue weighted by atomic mass is 10.1. The molecular formula is C18H19FN2O6. The normalized spacial score (nSPS) is 10.1. The van der Waals surface area contributed by atoms with E-state index in [1.807, 2.05) is 0 Å². The summed E-state index contributed by atoms with van der Waals surface area (Å²) in [5.74, 6) is -2.91. The fraction of sp³-hybridized carbons (Fsp3) is 0.222.